The van der Waals surface area contributed by atoms with Gasteiger partial charge in [-0.3, -0.25) is 24.5 Å². The Morgan fingerprint density at radius 2 is 1.81 bits per heavy atom. The Morgan fingerprint density at radius 1 is 1.08 bits per heavy atom. The van der Waals surface area contributed by atoms with E-state index in [0.717, 1.165) is 5.57 Å². The Bertz CT molecular complexity index is 1400. The molecule has 2 heterocycles. The Balaban J connectivity index is 1.57. The zero-order valence-electron chi connectivity index (χ0n) is 20.2. The van der Waals surface area contributed by atoms with E-state index in [2.05, 4.69) is 21.2 Å². The predicted molar refractivity (Wildman–Crippen MR) is 137 cm³/mol. The fraction of sp³-hybridized carbons (Fsp3) is 0.357. The van der Waals surface area contributed by atoms with Crippen LogP contribution in [0.25, 0.3) is 0 Å². The summed E-state index contributed by atoms with van der Waals surface area (Å²) in [4.78, 5) is 54.9. The first kappa shape index (κ1) is 23.9. The first-order valence-electron chi connectivity index (χ1n) is 12.2. The molecule has 2 aromatic rings. The number of halogens is 1. The molecule has 9 heteroatoms. The molecule has 4 amide bonds. The summed E-state index contributed by atoms with van der Waals surface area (Å²) in [6.45, 7) is 1.82. The van der Waals surface area contributed by atoms with E-state index >= 15 is 0 Å². The van der Waals surface area contributed by atoms with E-state index in [4.69, 9.17) is 4.74 Å². The molecule has 0 unspecified atom stereocenters. The van der Waals surface area contributed by atoms with E-state index in [-0.39, 0.29) is 41.0 Å². The highest BCUT2D eigenvalue weighted by atomic mass is 79.9. The maximum Gasteiger partial charge on any atom is 0.241 e. The maximum absolute atomic E-state index is 14.2. The van der Waals surface area contributed by atoms with Crippen molar-refractivity contribution in [3.05, 3.63) is 64.1 Å². The second-order valence-electron chi connectivity index (χ2n) is 10.4. The number of imide groups is 2. The molecule has 6 atom stereocenters. The van der Waals surface area contributed by atoms with Crippen LogP contribution in [0.5, 0.6) is 11.5 Å². The lowest BCUT2D eigenvalue weighted by Gasteiger charge is -2.49. The van der Waals surface area contributed by atoms with E-state index in [0.29, 0.717) is 28.6 Å². The normalized spacial score (nSPS) is 32.5. The van der Waals surface area contributed by atoms with Crippen LogP contribution in [-0.4, -0.2) is 35.8 Å². The molecule has 2 aromatic carbocycles. The molecular formula is C28H25BrN2O6. The SMILES string of the molecule is COc1cc([C@H]2C3=CC[C@@H]4C(=O)NC(=O)[C@@H]4[C@@H]3C[C@H]3C(=O)N(c4ccccc4)C(=O)[C@@]23C)cc(Br)c1O. The number of aromatic hydroxyl groups is 1. The van der Waals surface area contributed by atoms with Crippen molar-refractivity contribution in [2.75, 3.05) is 12.0 Å². The van der Waals surface area contributed by atoms with Crippen molar-refractivity contribution < 1.29 is 29.0 Å². The van der Waals surface area contributed by atoms with Crippen molar-refractivity contribution in [3.63, 3.8) is 0 Å². The van der Waals surface area contributed by atoms with Crippen LogP contribution in [0.2, 0.25) is 0 Å². The lowest BCUT2D eigenvalue weighted by molar-refractivity contribution is -0.131. The molecule has 8 nitrogen and oxygen atoms in total. The molecule has 2 aliphatic heterocycles. The number of phenolic OH excluding ortho intramolecular Hbond substituents is 1. The molecule has 2 aliphatic carbocycles. The molecule has 2 saturated heterocycles. The monoisotopic (exact) mass is 564 g/mol. The van der Waals surface area contributed by atoms with E-state index in [1.807, 2.05) is 19.1 Å². The minimum atomic E-state index is -1.15. The van der Waals surface area contributed by atoms with Gasteiger partial charge in [-0.2, -0.15) is 0 Å². The van der Waals surface area contributed by atoms with Crippen molar-refractivity contribution in [1.29, 1.82) is 0 Å². The van der Waals surface area contributed by atoms with Crippen LogP contribution in [0, 0.1) is 29.1 Å². The zero-order chi connectivity index (χ0) is 26.2. The molecule has 0 bridgehead atoms. The van der Waals surface area contributed by atoms with Gasteiger partial charge in [0.05, 0.1) is 40.4 Å². The highest BCUT2D eigenvalue weighted by Crippen LogP contribution is 2.63. The standard InChI is InChI=1S/C28H25BrN2O6/c1-28-18(26(35)31(27(28)36)14-6-4-3-5-7-14)12-17-15(8-9-16-21(17)25(34)30-24(16)33)22(28)13-10-19(29)23(32)20(11-13)37-2/h3-8,10-11,16-18,21-22,32H,9,12H2,1-2H3,(H,30,33,34)/t16-,17+,18-,21-,22-,28+/m0/s1. The summed E-state index contributed by atoms with van der Waals surface area (Å²) < 4.78 is 5.80. The predicted octanol–water partition coefficient (Wildman–Crippen LogP) is 3.68. The van der Waals surface area contributed by atoms with Crippen molar-refractivity contribution >= 4 is 45.2 Å². The van der Waals surface area contributed by atoms with Gasteiger partial charge in [0.15, 0.2) is 11.5 Å². The van der Waals surface area contributed by atoms with Gasteiger partial charge in [0.25, 0.3) is 0 Å². The largest absolute Gasteiger partial charge is 0.503 e. The number of rotatable bonds is 3. The lowest BCUT2D eigenvalue weighted by Crippen LogP contribution is -2.48. The Morgan fingerprint density at radius 3 is 2.51 bits per heavy atom. The third-order valence-corrected chi connectivity index (χ3v) is 9.34. The Labute approximate surface area is 221 Å². The number of phenols is 1. The summed E-state index contributed by atoms with van der Waals surface area (Å²) in [6, 6.07) is 12.3. The van der Waals surface area contributed by atoms with Crippen molar-refractivity contribution in [2.45, 2.75) is 25.7 Å². The molecule has 1 saturated carbocycles. The molecule has 190 valence electrons. The Kier molecular flexibility index (Phi) is 5.35. The summed E-state index contributed by atoms with van der Waals surface area (Å²) in [6.07, 6.45) is 2.66. The average molecular weight is 565 g/mol. The van der Waals surface area contributed by atoms with Gasteiger partial charge in [-0.15, -0.1) is 0 Å². The van der Waals surface area contributed by atoms with Gasteiger partial charge in [-0.1, -0.05) is 29.8 Å². The number of nitrogens with one attached hydrogen (secondary N) is 1. The number of anilines is 1. The quantitative estimate of drug-likeness (QED) is 0.434. The number of fused-ring (bicyclic) bond motifs is 4. The van der Waals surface area contributed by atoms with E-state index < -0.39 is 29.1 Å². The molecule has 0 aromatic heterocycles. The molecule has 0 spiro atoms. The molecule has 3 fully saturated rings. The second-order valence-corrected chi connectivity index (χ2v) is 11.3. The lowest BCUT2D eigenvalue weighted by atomic mass is 9.51. The molecular weight excluding hydrogens is 540 g/mol. The number of carbonyl (C=O) groups is 4. The first-order valence-corrected chi connectivity index (χ1v) is 13.0. The van der Waals surface area contributed by atoms with E-state index in [9.17, 15) is 24.3 Å². The number of allylic oxidation sites excluding steroid dienone is 2. The molecule has 37 heavy (non-hydrogen) atoms. The topological polar surface area (TPSA) is 113 Å². The van der Waals surface area contributed by atoms with Gasteiger partial charge >= 0.3 is 0 Å². The van der Waals surface area contributed by atoms with Gasteiger partial charge in [0.1, 0.15) is 0 Å². The van der Waals surface area contributed by atoms with Gasteiger partial charge in [0.2, 0.25) is 23.6 Å². The van der Waals surface area contributed by atoms with Crippen LogP contribution in [0.4, 0.5) is 5.69 Å². The number of para-hydroxylation sites is 1. The summed E-state index contributed by atoms with van der Waals surface area (Å²) >= 11 is 3.40. The van der Waals surface area contributed by atoms with Crippen LogP contribution in [0.3, 0.4) is 0 Å². The number of amides is 4. The minimum Gasteiger partial charge on any atom is -0.503 e. The summed E-state index contributed by atoms with van der Waals surface area (Å²) in [5.74, 6) is -3.79. The minimum absolute atomic E-state index is 0.0708. The van der Waals surface area contributed by atoms with Crippen molar-refractivity contribution in [2.24, 2.45) is 29.1 Å². The molecule has 2 N–H and O–H groups in total. The van der Waals surface area contributed by atoms with Gasteiger partial charge in [-0.05, 0) is 71.4 Å². The molecule has 4 aliphatic rings. The summed E-state index contributed by atoms with van der Waals surface area (Å²) in [5, 5.41) is 12.9. The first-order chi connectivity index (χ1) is 17.7. The van der Waals surface area contributed by atoms with Crippen LogP contribution < -0.4 is 15.0 Å². The number of hydrogen-bond donors (Lipinski definition) is 2. The number of benzene rings is 2. The van der Waals surface area contributed by atoms with Gasteiger partial charge in [-0.25, -0.2) is 4.90 Å². The van der Waals surface area contributed by atoms with Gasteiger partial charge < -0.3 is 9.84 Å². The molecule has 0 radical (unpaired) electrons. The van der Waals surface area contributed by atoms with Crippen LogP contribution >= 0.6 is 15.9 Å². The van der Waals surface area contributed by atoms with E-state index in [1.165, 1.54) is 12.0 Å². The number of carbonyl (C=O) groups excluding carboxylic acids is 4. The highest BCUT2D eigenvalue weighted by Gasteiger charge is 2.67. The number of hydrogen-bond acceptors (Lipinski definition) is 6. The van der Waals surface area contributed by atoms with E-state index in [1.54, 1.807) is 36.4 Å². The zero-order valence-corrected chi connectivity index (χ0v) is 21.8. The van der Waals surface area contributed by atoms with Crippen LogP contribution in [0.15, 0.2) is 58.6 Å². The smallest absolute Gasteiger partial charge is 0.241 e. The average Bonchev–Trinajstić information content (AvgIpc) is 3.28. The third kappa shape index (κ3) is 3.19. The number of ether oxygens (including phenoxy) is 1. The Hall–Kier alpha value is -3.46. The third-order valence-electron chi connectivity index (χ3n) is 8.74. The van der Waals surface area contributed by atoms with Crippen molar-refractivity contribution in [1.82, 2.24) is 5.32 Å². The van der Waals surface area contributed by atoms with Crippen LogP contribution in [-0.2, 0) is 19.2 Å². The summed E-state index contributed by atoms with van der Waals surface area (Å²) in [5.41, 5.74) is 0.910. The number of nitrogens with zero attached hydrogens (tertiary/aromatic N) is 1. The highest BCUT2D eigenvalue weighted by molar-refractivity contribution is 9.10. The second kappa shape index (κ2) is 8.28. The number of methoxy groups -OCH3 is 1. The van der Waals surface area contributed by atoms with Crippen molar-refractivity contribution in [3.8, 4) is 11.5 Å². The van der Waals surface area contributed by atoms with Gasteiger partial charge in [0, 0.05) is 5.92 Å². The fourth-order valence-corrected chi connectivity index (χ4v) is 7.51. The maximum atomic E-state index is 14.2. The fourth-order valence-electron chi connectivity index (χ4n) is 7.05. The van der Waals surface area contributed by atoms with Crippen LogP contribution in [0.1, 0.15) is 31.2 Å². The summed E-state index contributed by atoms with van der Waals surface area (Å²) in [7, 11) is 1.44. The molecule has 6 rings (SSSR count).